The molecule has 0 unspecified atom stereocenters. The summed E-state index contributed by atoms with van der Waals surface area (Å²) >= 11 is 9.34. The summed E-state index contributed by atoms with van der Waals surface area (Å²) in [4.78, 5) is 78.8. The number of aryl methyl sites for hydroxylation is 4. The SMILES string of the molecule is [3H]n1ccc(OCc2c(Br)ncnc2-n2nnn(C)c2=O)n1.[3H]n1ccc(OCc2c(Cl)ncnc2-n2nnn(C)c2=O)n1.[3H]n1ccc(OCc2c(F)ncnc2-n2nnn(C)c2=O)n1.[3H]n1ccc(OCc2cncnc2-n2nnn(C)c2=O)n1. The average Bonchev–Trinajstić information content (AvgIpc) is 2.60. The second-order valence-corrected chi connectivity index (χ2v) is 16.7. The Hall–Kier alpha value is -11.5. The van der Waals surface area contributed by atoms with E-state index in [0.29, 0.717) is 21.3 Å². The fourth-order valence-electron chi connectivity index (χ4n) is 6.28. The van der Waals surface area contributed by atoms with E-state index in [-0.39, 0.29) is 83.9 Å². The van der Waals surface area contributed by atoms with Gasteiger partial charge in [0.1, 0.15) is 61.5 Å². The molecule has 0 aliphatic rings. The Kier molecular flexibility index (Phi) is 16.0. The summed E-state index contributed by atoms with van der Waals surface area (Å²) in [6.07, 6.45) is 11.9. The highest BCUT2D eigenvalue weighted by atomic mass is 79.9. The molecule has 83 heavy (non-hydrogen) atoms. The highest BCUT2D eigenvalue weighted by Crippen LogP contribution is 2.22. The van der Waals surface area contributed by atoms with Crippen molar-refractivity contribution in [1.82, 2.24) is 160 Å². The summed E-state index contributed by atoms with van der Waals surface area (Å²) in [6, 6.07) is 6.03. The fourth-order valence-corrected chi connectivity index (χ4v) is 6.84. The molecule has 0 fully saturated rings. The van der Waals surface area contributed by atoms with E-state index in [2.05, 4.69) is 118 Å². The molecule has 4 N–H and O–H groups in total. The second kappa shape index (κ2) is 26.0. The molecule has 0 saturated carbocycles. The topological polar surface area (TPSA) is 466 Å². The Morgan fingerprint density at radius 1 is 0.482 bits per heavy atom. The van der Waals surface area contributed by atoms with E-state index in [1.807, 2.05) is 0 Å². The number of aromatic nitrogens is 32. The molecular formula is C40H37BrClFN32O8. The largest absolute Gasteiger partial charge is 0.472 e. The third-order valence-corrected chi connectivity index (χ3v) is 11.3. The first-order chi connectivity index (χ1) is 41.8. The number of hydrogen-bond donors (Lipinski definition) is 4. The molecule has 0 aromatic carbocycles. The Bertz CT molecular complexity index is 4240. The zero-order chi connectivity index (χ0) is 61.9. The summed E-state index contributed by atoms with van der Waals surface area (Å²) < 4.78 is 73.1. The van der Waals surface area contributed by atoms with Gasteiger partial charge in [-0.05, 0) is 57.6 Å². The Morgan fingerprint density at radius 2 is 0.843 bits per heavy atom. The molecule has 43 heteroatoms. The van der Waals surface area contributed by atoms with Crippen LogP contribution in [0, 0.1) is 5.95 Å². The molecule has 426 valence electrons. The summed E-state index contributed by atoms with van der Waals surface area (Å²) in [7, 11) is 5.84. The van der Waals surface area contributed by atoms with Crippen LogP contribution < -0.4 is 41.7 Å². The number of nitrogens with zero attached hydrogens (tertiary/aromatic N) is 28. The van der Waals surface area contributed by atoms with Crippen molar-refractivity contribution in [3.8, 4) is 46.8 Å². The van der Waals surface area contributed by atoms with Crippen LogP contribution in [0.25, 0.3) is 23.3 Å². The monoisotopic (exact) mass is 1230 g/mol. The van der Waals surface area contributed by atoms with Gasteiger partial charge in [-0.2, -0.15) is 23.1 Å². The Morgan fingerprint density at radius 3 is 1.27 bits per heavy atom. The highest BCUT2D eigenvalue weighted by Gasteiger charge is 2.21. The zero-order valence-electron chi connectivity index (χ0n) is 46.5. The van der Waals surface area contributed by atoms with E-state index in [9.17, 15) is 23.6 Å². The van der Waals surface area contributed by atoms with Crippen LogP contribution in [0.3, 0.4) is 0 Å². The van der Waals surface area contributed by atoms with Crippen molar-refractivity contribution in [2.45, 2.75) is 26.4 Å². The third kappa shape index (κ3) is 13.4. The van der Waals surface area contributed by atoms with Crippen molar-refractivity contribution in [2.24, 2.45) is 28.2 Å². The number of tetrazole rings is 4. The molecule has 0 amide bonds. The van der Waals surface area contributed by atoms with Crippen molar-refractivity contribution in [1.29, 1.82) is 0 Å². The molecule has 0 radical (unpaired) electrons. The molecule has 12 rings (SSSR count). The molecule has 0 bridgehead atoms. The van der Waals surface area contributed by atoms with E-state index in [1.54, 1.807) is 12.1 Å². The van der Waals surface area contributed by atoms with Crippen molar-refractivity contribution in [3.05, 3.63) is 160 Å². The Balaban J connectivity index is 0.000000138. The van der Waals surface area contributed by atoms with Gasteiger partial charge >= 0.3 is 22.8 Å². The molecule has 12 aromatic rings. The standard InChI is InChI=1S/C10H9BrN8O2.C10H9ClN8O2.C10H9FN8O2.C10H10N8O2/c3*1-18-10(20)19(17-16-18)9-6(8(11)12-5-13-9)4-21-7-2-3-14-15-7;1-17-10(19)18(16-15-17)9-7(4-11-6-12-9)5-20-8-2-3-13-14-8/h3*2-3,5H,4H2,1H3,(H,14,15);2-4,6H,5H2,1H3,(H,13,14)/i/hT4. The van der Waals surface area contributed by atoms with E-state index < -0.39 is 28.7 Å². The number of rotatable bonds is 16. The van der Waals surface area contributed by atoms with E-state index in [4.69, 9.17) is 36.2 Å². The van der Waals surface area contributed by atoms with Gasteiger partial charge in [0.25, 0.3) is 0 Å². The number of hydrogen-bond acceptors (Lipinski definition) is 28. The number of nitrogens with one attached hydrogen (secondary N) is 4. The van der Waals surface area contributed by atoms with Gasteiger partial charge in [-0.3, -0.25) is 20.4 Å². The molecule has 12 heterocycles. The lowest BCUT2D eigenvalue weighted by Gasteiger charge is -2.08. The van der Waals surface area contributed by atoms with Crippen molar-refractivity contribution in [3.63, 3.8) is 0 Å². The van der Waals surface area contributed by atoms with Gasteiger partial charge in [0.05, 0.1) is 22.3 Å². The zero-order valence-corrected chi connectivity index (χ0v) is 44.9. The van der Waals surface area contributed by atoms with Gasteiger partial charge in [-0.1, -0.05) is 11.6 Å². The molecular weight excluding hydrogens is 1190 g/mol. The first-order valence-corrected chi connectivity index (χ1v) is 24.0. The minimum atomic E-state index is -0.854. The fraction of sp³-hybridized carbons (Fsp3) is 0.200. The van der Waals surface area contributed by atoms with Crippen molar-refractivity contribution in [2.75, 3.05) is 0 Å². The van der Waals surface area contributed by atoms with E-state index in [1.165, 1.54) is 90.3 Å². The molecule has 0 aliphatic carbocycles. The van der Waals surface area contributed by atoms with Crippen LogP contribution in [-0.2, 0) is 54.6 Å². The molecule has 40 nitrogen and oxygen atoms in total. The van der Waals surface area contributed by atoms with Crippen molar-refractivity contribution < 1.29 is 29.0 Å². The smallest absolute Gasteiger partial charge is 0.369 e. The number of ether oxygens (including phenoxy) is 4. The lowest BCUT2D eigenvalue weighted by Crippen LogP contribution is -2.24. The van der Waals surface area contributed by atoms with E-state index >= 15 is 0 Å². The molecule has 0 saturated heterocycles. The number of H-pyrrole nitrogens is 4. The lowest BCUT2D eigenvalue weighted by atomic mass is 10.3. The molecule has 0 aliphatic heterocycles. The maximum absolute atomic E-state index is 13.9. The average molecular weight is 1240 g/mol. The summed E-state index contributed by atoms with van der Waals surface area (Å²) in [5, 5.41) is 47.7. The van der Waals surface area contributed by atoms with E-state index in [0.717, 1.165) is 64.1 Å². The second-order valence-electron chi connectivity index (χ2n) is 15.6. The van der Waals surface area contributed by atoms with Crippen molar-refractivity contribution >= 4 is 27.5 Å². The maximum Gasteiger partial charge on any atom is 0.369 e. The van der Waals surface area contributed by atoms with Gasteiger partial charge in [0, 0.05) is 83.4 Å². The van der Waals surface area contributed by atoms with Crippen LogP contribution in [-0.4, -0.2) is 160 Å². The third-order valence-electron chi connectivity index (χ3n) is 10.3. The Labute approximate surface area is 476 Å². The lowest BCUT2D eigenvalue weighted by molar-refractivity contribution is 0.284. The quantitative estimate of drug-likeness (QED) is 0.0745. The molecule has 0 atom stereocenters. The number of halogens is 3. The maximum atomic E-state index is 13.9. The normalized spacial score (nSPS) is 11.4. The van der Waals surface area contributed by atoms with Crippen LogP contribution in [0.1, 0.15) is 22.3 Å². The van der Waals surface area contributed by atoms with Crippen LogP contribution in [0.2, 0.25) is 10.8 Å². The molecule has 12 aromatic heterocycles. The van der Waals surface area contributed by atoms with Gasteiger partial charge in [-0.25, -0.2) is 59.0 Å². The van der Waals surface area contributed by atoms with Gasteiger partial charge in [0.2, 0.25) is 29.5 Å². The number of aromatic amines is 4. The first-order valence-electron chi connectivity index (χ1n) is 24.6. The van der Waals surface area contributed by atoms with Gasteiger partial charge in [-0.15, -0.1) is 39.1 Å². The minimum absolute atomic E-state index is 0.0385. The van der Waals surface area contributed by atoms with Gasteiger partial charge < -0.3 is 18.9 Å². The summed E-state index contributed by atoms with van der Waals surface area (Å²) in [5.41, 5.74) is -0.617. The van der Waals surface area contributed by atoms with Gasteiger partial charge in [0.15, 0.2) is 28.9 Å². The predicted molar refractivity (Wildman–Crippen MR) is 273 cm³/mol. The summed E-state index contributed by atoms with van der Waals surface area (Å²) in [6.45, 7) is -0.218. The first kappa shape index (κ1) is 51.0. The van der Waals surface area contributed by atoms with Crippen LogP contribution in [0.4, 0.5) is 4.39 Å². The minimum Gasteiger partial charge on any atom is -0.472 e. The predicted octanol–water partition coefficient (Wildman–Crippen LogP) is -2.21. The molecule has 0 spiro atoms. The van der Waals surface area contributed by atoms with Crippen LogP contribution >= 0.6 is 27.5 Å². The van der Waals surface area contributed by atoms with Crippen LogP contribution in [0.15, 0.2) is 104 Å². The van der Waals surface area contributed by atoms with Crippen LogP contribution in [0.5, 0.6) is 23.5 Å². The highest BCUT2D eigenvalue weighted by molar-refractivity contribution is 9.10. The summed E-state index contributed by atoms with van der Waals surface area (Å²) in [5.74, 6) is 0.684.